The number of hydrogen-bond donors (Lipinski definition) is 1. The minimum absolute atomic E-state index is 0.0958. The van der Waals surface area contributed by atoms with Crippen LogP contribution in [0.4, 0.5) is 0 Å². The molecule has 4 rings (SSSR count). The number of aryl methyl sites for hydroxylation is 2. The monoisotopic (exact) mass is 451 g/mol. The van der Waals surface area contributed by atoms with Crippen LogP contribution in [0, 0.1) is 12.8 Å². The van der Waals surface area contributed by atoms with E-state index in [1.165, 1.54) is 42.8 Å². The molecular formula is C22H37N5O3S. The lowest BCUT2D eigenvalue weighted by molar-refractivity contribution is -0.126. The highest BCUT2D eigenvalue weighted by atomic mass is 32.2. The van der Waals surface area contributed by atoms with Crippen LogP contribution < -0.4 is 5.32 Å². The van der Waals surface area contributed by atoms with Gasteiger partial charge in [0.15, 0.2) is 5.03 Å². The highest BCUT2D eigenvalue weighted by Gasteiger charge is 2.35. The second-order valence-electron chi connectivity index (χ2n) is 9.55. The molecule has 8 nitrogen and oxygen atoms in total. The molecule has 1 aliphatic carbocycles. The highest BCUT2D eigenvalue weighted by molar-refractivity contribution is 7.89. The molecule has 31 heavy (non-hydrogen) atoms. The molecule has 1 N–H and O–H groups in total. The molecule has 1 amide bonds. The van der Waals surface area contributed by atoms with Gasteiger partial charge < -0.3 is 9.88 Å². The van der Waals surface area contributed by atoms with E-state index in [2.05, 4.69) is 15.2 Å². The van der Waals surface area contributed by atoms with E-state index < -0.39 is 10.0 Å². The molecule has 0 spiro atoms. The van der Waals surface area contributed by atoms with E-state index in [0.29, 0.717) is 37.8 Å². The van der Waals surface area contributed by atoms with Crippen LogP contribution in [0.15, 0.2) is 11.2 Å². The van der Waals surface area contributed by atoms with Crippen molar-refractivity contribution in [3.63, 3.8) is 0 Å². The minimum Gasteiger partial charge on any atom is -0.352 e. The van der Waals surface area contributed by atoms with Gasteiger partial charge in [-0.3, -0.25) is 9.69 Å². The van der Waals surface area contributed by atoms with Crippen LogP contribution in [0.2, 0.25) is 0 Å². The number of nitrogens with zero attached hydrogens (tertiary/aromatic N) is 4. The Labute approximate surface area is 186 Å². The van der Waals surface area contributed by atoms with E-state index in [0.717, 1.165) is 19.5 Å². The van der Waals surface area contributed by atoms with Gasteiger partial charge in [-0.15, -0.1) is 0 Å². The summed E-state index contributed by atoms with van der Waals surface area (Å²) in [5, 5.41) is 3.36. The summed E-state index contributed by atoms with van der Waals surface area (Å²) in [4.78, 5) is 19.6. The van der Waals surface area contributed by atoms with E-state index >= 15 is 0 Å². The van der Waals surface area contributed by atoms with Crippen LogP contribution in [-0.2, 0) is 21.9 Å². The van der Waals surface area contributed by atoms with Crippen LogP contribution in [0.5, 0.6) is 0 Å². The van der Waals surface area contributed by atoms with E-state index in [1.807, 2.05) is 0 Å². The van der Waals surface area contributed by atoms with Gasteiger partial charge in [-0.25, -0.2) is 13.4 Å². The number of aromatic nitrogens is 2. The number of likely N-dealkylation sites (tertiary alicyclic amines) is 1. The fraction of sp³-hybridized carbons (Fsp3) is 0.818. The molecule has 2 saturated heterocycles. The predicted octanol–water partition coefficient (Wildman–Crippen LogP) is 2.04. The zero-order valence-electron chi connectivity index (χ0n) is 18.9. The largest absolute Gasteiger partial charge is 0.352 e. The number of piperidine rings is 1. The van der Waals surface area contributed by atoms with Crippen LogP contribution >= 0.6 is 0 Å². The number of hydrogen-bond acceptors (Lipinski definition) is 5. The molecule has 1 aromatic rings. The average Bonchev–Trinajstić information content (AvgIpc) is 3.24. The Morgan fingerprint density at radius 2 is 1.71 bits per heavy atom. The Hall–Kier alpha value is -1.45. The van der Waals surface area contributed by atoms with E-state index in [-0.39, 0.29) is 22.9 Å². The van der Waals surface area contributed by atoms with Crippen LogP contribution in [0.1, 0.15) is 63.6 Å². The van der Waals surface area contributed by atoms with Crippen molar-refractivity contribution in [3.05, 3.63) is 12.0 Å². The number of imidazole rings is 1. The molecule has 1 saturated carbocycles. The van der Waals surface area contributed by atoms with Gasteiger partial charge in [-0.2, -0.15) is 4.31 Å². The SMILES string of the molecule is Cc1nc(S(=O)(=O)N2CCC(C(=O)NC3CCN(C4CCCCCC4)C3)CC2)cn1C. The summed E-state index contributed by atoms with van der Waals surface area (Å²) in [6.07, 6.45) is 11.7. The second kappa shape index (κ2) is 9.58. The van der Waals surface area contributed by atoms with Gasteiger partial charge in [0.2, 0.25) is 5.91 Å². The molecule has 174 valence electrons. The van der Waals surface area contributed by atoms with E-state index in [1.54, 1.807) is 24.7 Å². The standard InChI is InChI=1S/C22H37N5O3S/c1-17-23-21(16-25(17)2)31(29,30)27-13-9-18(10-14-27)22(28)24-19-11-12-26(15-19)20-7-5-3-4-6-8-20/h16,18-20H,3-15H2,1-2H3,(H,24,28). The van der Waals surface area contributed by atoms with Crippen LogP contribution in [-0.4, -0.2) is 71.3 Å². The average molecular weight is 452 g/mol. The first kappa shape index (κ1) is 22.7. The molecule has 3 heterocycles. The van der Waals surface area contributed by atoms with E-state index in [9.17, 15) is 13.2 Å². The Bertz CT molecular complexity index is 848. The summed E-state index contributed by atoms with van der Waals surface area (Å²) in [5.74, 6) is 0.657. The van der Waals surface area contributed by atoms with Gasteiger partial charge in [-0.05, 0) is 39.0 Å². The smallest absolute Gasteiger partial charge is 0.262 e. The molecule has 3 fully saturated rings. The summed E-state index contributed by atoms with van der Waals surface area (Å²) in [7, 11) is -1.81. The third kappa shape index (κ3) is 5.14. The number of carbonyl (C=O) groups is 1. The molecule has 0 radical (unpaired) electrons. The van der Waals surface area contributed by atoms with Gasteiger partial charge in [0.05, 0.1) is 0 Å². The van der Waals surface area contributed by atoms with Crippen molar-refractivity contribution in [1.29, 1.82) is 0 Å². The summed E-state index contributed by atoms with van der Waals surface area (Å²) in [5.41, 5.74) is 0. The van der Waals surface area contributed by atoms with Gasteiger partial charge >= 0.3 is 0 Å². The maximum absolute atomic E-state index is 12.9. The highest BCUT2D eigenvalue weighted by Crippen LogP contribution is 2.27. The zero-order chi connectivity index (χ0) is 22.0. The topological polar surface area (TPSA) is 87.5 Å². The first-order valence-electron chi connectivity index (χ1n) is 11.9. The Morgan fingerprint density at radius 3 is 2.32 bits per heavy atom. The number of sulfonamides is 1. The lowest BCUT2D eigenvalue weighted by Crippen LogP contribution is -2.46. The molecule has 3 aliphatic rings. The lowest BCUT2D eigenvalue weighted by atomic mass is 9.97. The Morgan fingerprint density at radius 1 is 1.03 bits per heavy atom. The molecule has 0 aromatic carbocycles. The van der Waals surface area contributed by atoms with E-state index in [4.69, 9.17) is 0 Å². The van der Waals surface area contributed by atoms with Crippen molar-refractivity contribution in [1.82, 2.24) is 24.1 Å². The van der Waals surface area contributed by atoms with Crippen molar-refractivity contribution in [3.8, 4) is 0 Å². The van der Waals surface area contributed by atoms with Crippen molar-refractivity contribution in [2.45, 2.75) is 81.8 Å². The summed E-state index contributed by atoms with van der Waals surface area (Å²) < 4.78 is 28.9. The van der Waals surface area contributed by atoms with Crippen LogP contribution in [0.25, 0.3) is 0 Å². The molecule has 2 aliphatic heterocycles. The maximum Gasteiger partial charge on any atom is 0.262 e. The van der Waals surface area contributed by atoms with Gasteiger partial charge in [0.25, 0.3) is 10.0 Å². The molecular weight excluding hydrogens is 414 g/mol. The fourth-order valence-corrected chi connectivity index (χ4v) is 6.81. The minimum atomic E-state index is -3.59. The summed E-state index contributed by atoms with van der Waals surface area (Å²) in [6.45, 7) is 4.57. The number of amides is 1. The number of rotatable bonds is 5. The van der Waals surface area contributed by atoms with Crippen molar-refractivity contribution >= 4 is 15.9 Å². The predicted molar refractivity (Wildman–Crippen MR) is 119 cm³/mol. The van der Waals surface area contributed by atoms with Gasteiger partial charge in [0, 0.05) is 57.4 Å². The third-order valence-corrected chi connectivity index (χ3v) is 9.19. The Balaban J connectivity index is 1.26. The Kier molecular flexibility index (Phi) is 7.03. The normalized spacial score (nSPS) is 25.5. The fourth-order valence-electron chi connectivity index (χ4n) is 5.32. The molecule has 1 unspecified atom stereocenters. The summed E-state index contributed by atoms with van der Waals surface area (Å²) >= 11 is 0. The molecule has 1 aromatic heterocycles. The number of carbonyl (C=O) groups excluding carboxylic acids is 1. The van der Waals surface area contributed by atoms with Crippen molar-refractivity contribution < 1.29 is 13.2 Å². The quantitative estimate of drug-likeness (QED) is 0.693. The van der Waals surface area contributed by atoms with Crippen molar-refractivity contribution in [2.24, 2.45) is 13.0 Å². The summed E-state index contributed by atoms with van der Waals surface area (Å²) in [6, 6.07) is 0.919. The first-order chi connectivity index (χ1) is 14.8. The maximum atomic E-state index is 12.9. The van der Waals surface area contributed by atoms with Crippen molar-refractivity contribution in [2.75, 3.05) is 26.2 Å². The number of nitrogens with one attached hydrogen (secondary N) is 1. The van der Waals surface area contributed by atoms with Gasteiger partial charge in [0.1, 0.15) is 5.82 Å². The third-order valence-electron chi connectivity index (χ3n) is 7.42. The second-order valence-corrected chi connectivity index (χ2v) is 11.4. The molecule has 1 atom stereocenters. The lowest BCUT2D eigenvalue weighted by Gasteiger charge is -2.31. The molecule has 9 heteroatoms. The van der Waals surface area contributed by atoms with Gasteiger partial charge in [-0.1, -0.05) is 25.7 Å². The first-order valence-corrected chi connectivity index (χ1v) is 13.3. The van der Waals surface area contributed by atoms with Crippen LogP contribution in [0.3, 0.4) is 0 Å². The molecule has 0 bridgehead atoms. The zero-order valence-corrected chi connectivity index (χ0v) is 19.7.